The fourth-order valence-corrected chi connectivity index (χ4v) is 3.24. The van der Waals surface area contributed by atoms with Crippen LogP contribution in [-0.4, -0.2) is 13.0 Å². The molecule has 0 aliphatic heterocycles. The second-order valence-electron chi connectivity index (χ2n) is 6.12. The quantitative estimate of drug-likeness (QED) is 0.441. The van der Waals surface area contributed by atoms with Gasteiger partial charge in [-0.1, -0.05) is 42.5 Å². The van der Waals surface area contributed by atoms with Crippen LogP contribution in [0.2, 0.25) is 0 Å². The molecule has 1 heterocycles. The van der Waals surface area contributed by atoms with Crippen molar-refractivity contribution in [3.8, 4) is 17.6 Å². The predicted molar refractivity (Wildman–Crippen MR) is 114 cm³/mol. The molecule has 1 N–H and O–H groups in total. The van der Waals surface area contributed by atoms with Crippen LogP contribution in [0.25, 0.3) is 6.08 Å². The molecule has 1 aromatic heterocycles. The first-order chi connectivity index (χ1) is 14.2. The maximum absolute atomic E-state index is 12.4. The van der Waals surface area contributed by atoms with Crippen molar-refractivity contribution < 1.29 is 14.3 Å². The van der Waals surface area contributed by atoms with Gasteiger partial charge in [0.1, 0.15) is 18.2 Å². The smallest absolute Gasteiger partial charge is 0.262 e. The molecular formula is C23H20N2O3S. The number of benzene rings is 2. The lowest BCUT2D eigenvalue weighted by atomic mass is 10.1. The molecule has 0 fully saturated rings. The molecule has 0 atom stereocenters. The van der Waals surface area contributed by atoms with Crippen molar-refractivity contribution in [3.63, 3.8) is 0 Å². The highest BCUT2D eigenvalue weighted by atomic mass is 32.1. The molecular weight excluding hydrogens is 384 g/mol. The normalized spacial score (nSPS) is 10.8. The molecule has 2 aromatic carbocycles. The van der Waals surface area contributed by atoms with Crippen molar-refractivity contribution in [1.82, 2.24) is 5.32 Å². The highest BCUT2D eigenvalue weighted by molar-refractivity contribution is 7.09. The molecule has 3 rings (SSSR count). The van der Waals surface area contributed by atoms with Crippen molar-refractivity contribution in [2.75, 3.05) is 7.11 Å². The van der Waals surface area contributed by atoms with Crippen molar-refractivity contribution in [2.45, 2.75) is 13.2 Å². The summed E-state index contributed by atoms with van der Waals surface area (Å²) in [6, 6.07) is 20.8. The summed E-state index contributed by atoms with van der Waals surface area (Å²) in [7, 11) is 1.55. The Kier molecular flexibility index (Phi) is 7.04. The van der Waals surface area contributed by atoms with Gasteiger partial charge in [0.15, 0.2) is 11.5 Å². The summed E-state index contributed by atoms with van der Waals surface area (Å²) in [5.74, 6) is 0.718. The van der Waals surface area contributed by atoms with Gasteiger partial charge < -0.3 is 14.8 Å². The first-order valence-electron chi connectivity index (χ1n) is 8.96. The largest absolute Gasteiger partial charge is 0.493 e. The van der Waals surface area contributed by atoms with Crippen LogP contribution in [0.3, 0.4) is 0 Å². The van der Waals surface area contributed by atoms with Gasteiger partial charge in [-0.3, -0.25) is 4.79 Å². The molecule has 0 radical (unpaired) electrons. The lowest BCUT2D eigenvalue weighted by molar-refractivity contribution is -0.117. The fourth-order valence-electron chi connectivity index (χ4n) is 2.63. The number of ether oxygens (including phenoxy) is 2. The maximum Gasteiger partial charge on any atom is 0.262 e. The Hall–Kier alpha value is -3.56. The van der Waals surface area contributed by atoms with Gasteiger partial charge >= 0.3 is 0 Å². The summed E-state index contributed by atoms with van der Waals surface area (Å²) in [5.41, 5.74) is 1.67. The van der Waals surface area contributed by atoms with Gasteiger partial charge in [0.05, 0.1) is 7.11 Å². The minimum absolute atomic E-state index is 0.0234. The van der Waals surface area contributed by atoms with E-state index in [9.17, 15) is 10.1 Å². The number of nitrogens with zero attached hydrogens (tertiary/aromatic N) is 1. The molecule has 0 saturated heterocycles. The van der Waals surface area contributed by atoms with Crippen molar-refractivity contribution in [1.29, 1.82) is 5.26 Å². The third kappa shape index (κ3) is 5.71. The monoisotopic (exact) mass is 404 g/mol. The fraction of sp³-hybridized carbons (Fsp3) is 0.130. The Morgan fingerprint density at radius 3 is 2.66 bits per heavy atom. The second kappa shape index (κ2) is 10.1. The number of hydrogen-bond acceptors (Lipinski definition) is 5. The van der Waals surface area contributed by atoms with Crippen molar-refractivity contribution in [3.05, 3.63) is 87.6 Å². The highest BCUT2D eigenvalue weighted by Gasteiger charge is 2.11. The lowest BCUT2D eigenvalue weighted by Crippen LogP contribution is -2.23. The van der Waals surface area contributed by atoms with E-state index in [0.717, 1.165) is 10.4 Å². The summed E-state index contributed by atoms with van der Waals surface area (Å²) in [6.07, 6.45) is 1.53. The minimum atomic E-state index is -0.423. The zero-order valence-electron chi connectivity index (χ0n) is 15.9. The second-order valence-corrected chi connectivity index (χ2v) is 7.15. The maximum atomic E-state index is 12.4. The Balaban J connectivity index is 1.69. The first kappa shape index (κ1) is 20.2. The molecule has 1 amide bonds. The molecule has 6 heteroatoms. The zero-order valence-corrected chi connectivity index (χ0v) is 16.7. The number of hydrogen-bond donors (Lipinski definition) is 1. The Morgan fingerprint density at radius 2 is 1.97 bits per heavy atom. The average molecular weight is 404 g/mol. The first-order valence-corrected chi connectivity index (χ1v) is 9.84. The van der Waals surface area contributed by atoms with Crippen molar-refractivity contribution in [2.24, 2.45) is 0 Å². The van der Waals surface area contributed by atoms with E-state index in [2.05, 4.69) is 5.32 Å². The summed E-state index contributed by atoms with van der Waals surface area (Å²) in [6.45, 7) is 0.812. The van der Waals surface area contributed by atoms with E-state index in [1.807, 2.05) is 53.9 Å². The molecule has 5 nitrogen and oxygen atoms in total. The van der Waals surface area contributed by atoms with E-state index in [0.29, 0.717) is 30.2 Å². The van der Waals surface area contributed by atoms with Crippen LogP contribution in [0.5, 0.6) is 11.5 Å². The number of nitrogens with one attached hydrogen (secondary N) is 1. The summed E-state index contributed by atoms with van der Waals surface area (Å²) in [5, 5.41) is 14.1. The lowest BCUT2D eigenvalue weighted by Gasteiger charge is -2.11. The number of amides is 1. The topological polar surface area (TPSA) is 71.3 Å². The predicted octanol–water partition coefficient (Wildman–Crippen LogP) is 4.56. The average Bonchev–Trinajstić information content (AvgIpc) is 3.29. The van der Waals surface area contributed by atoms with Crippen molar-refractivity contribution >= 4 is 23.3 Å². The van der Waals surface area contributed by atoms with Gasteiger partial charge in [-0.2, -0.15) is 5.26 Å². The van der Waals surface area contributed by atoms with Gasteiger partial charge in [0.2, 0.25) is 0 Å². The third-order valence-electron chi connectivity index (χ3n) is 4.11. The zero-order chi connectivity index (χ0) is 20.5. The molecule has 0 bridgehead atoms. The van der Waals surface area contributed by atoms with Gasteiger partial charge in [0, 0.05) is 11.4 Å². The van der Waals surface area contributed by atoms with Gasteiger partial charge in [-0.05, 0) is 40.8 Å². The summed E-state index contributed by atoms with van der Waals surface area (Å²) >= 11 is 1.62. The van der Waals surface area contributed by atoms with Crippen LogP contribution < -0.4 is 14.8 Å². The molecule has 146 valence electrons. The molecule has 0 unspecified atom stereocenters. The number of rotatable bonds is 8. The number of carbonyl (C=O) groups excluding carboxylic acids is 1. The molecule has 3 aromatic rings. The molecule has 0 spiro atoms. The van der Waals surface area contributed by atoms with Crippen LogP contribution in [0.15, 0.2) is 71.6 Å². The molecule has 29 heavy (non-hydrogen) atoms. The van der Waals surface area contributed by atoms with Gasteiger partial charge in [-0.25, -0.2) is 0 Å². The Labute approximate surface area is 173 Å². The highest BCUT2D eigenvalue weighted by Crippen LogP contribution is 2.30. The van der Waals surface area contributed by atoms with E-state index in [1.54, 1.807) is 36.6 Å². The Bertz CT molecular complexity index is 1020. The third-order valence-corrected chi connectivity index (χ3v) is 4.96. The number of methoxy groups -OCH3 is 1. The summed E-state index contributed by atoms with van der Waals surface area (Å²) < 4.78 is 11.2. The molecule has 0 aliphatic carbocycles. The minimum Gasteiger partial charge on any atom is -0.493 e. The molecule has 0 saturated carbocycles. The molecule has 0 aliphatic rings. The van der Waals surface area contributed by atoms with Crippen LogP contribution in [0.4, 0.5) is 0 Å². The Morgan fingerprint density at radius 1 is 1.14 bits per heavy atom. The van der Waals surface area contributed by atoms with Crippen LogP contribution >= 0.6 is 11.3 Å². The van der Waals surface area contributed by atoms with Crippen LogP contribution in [-0.2, 0) is 17.9 Å². The number of thiophene rings is 1. The van der Waals surface area contributed by atoms with Crippen LogP contribution in [0.1, 0.15) is 16.0 Å². The standard InChI is InChI=1S/C23H20N2O3S/c1-27-22-13-18(9-10-21(22)28-16-20-8-5-11-29-20)12-19(14-24)23(26)25-15-17-6-3-2-4-7-17/h2-13H,15-16H2,1H3,(H,25,26)/b19-12+. The van der Waals surface area contributed by atoms with E-state index < -0.39 is 5.91 Å². The van der Waals surface area contributed by atoms with E-state index in [-0.39, 0.29) is 5.57 Å². The van der Waals surface area contributed by atoms with Crippen LogP contribution in [0, 0.1) is 11.3 Å². The number of carbonyl (C=O) groups is 1. The van der Waals surface area contributed by atoms with Gasteiger partial charge in [0.25, 0.3) is 5.91 Å². The summed E-state index contributed by atoms with van der Waals surface area (Å²) in [4.78, 5) is 13.5. The number of nitriles is 1. The van der Waals surface area contributed by atoms with E-state index in [4.69, 9.17) is 9.47 Å². The van der Waals surface area contributed by atoms with E-state index in [1.165, 1.54) is 6.08 Å². The van der Waals surface area contributed by atoms with Gasteiger partial charge in [-0.15, -0.1) is 11.3 Å². The SMILES string of the molecule is COc1cc(/C=C(\C#N)C(=O)NCc2ccccc2)ccc1OCc1cccs1. The van der Waals surface area contributed by atoms with E-state index >= 15 is 0 Å².